The average molecular weight is 972 g/mol. The van der Waals surface area contributed by atoms with Crippen molar-refractivity contribution in [1.29, 1.82) is 0 Å². The molecular formula is C54H85NO14. The quantitative estimate of drug-likeness (QED) is 0.0866. The molecule has 1 saturated carbocycles. The van der Waals surface area contributed by atoms with Gasteiger partial charge in [0.1, 0.15) is 30.1 Å². The van der Waals surface area contributed by atoms with Crippen molar-refractivity contribution < 1.29 is 67.7 Å². The maximum Gasteiger partial charge on any atom is 0.329 e. The fourth-order valence-corrected chi connectivity index (χ4v) is 10.5. The van der Waals surface area contributed by atoms with Gasteiger partial charge in [0.2, 0.25) is 5.79 Å². The predicted molar refractivity (Wildman–Crippen MR) is 261 cm³/mol. The Morgan fingerprint density at radius 2 is 1.61 bits per heavy atom. The fraction of sp³-hybridized carbons (Fsp3) is 0.759. The number of amides is 1. The second kappa shape index (κ2) is 28.6. The van der Waals surface area contributed by atoms with Crippen molar-refractivity contribution >= 4 is 29.2 Å². The lowest BCUT2D eigenvalue weighted by atomic mass is 9.79. The summed E-state index contributed by atoms with van der Waals surface area (Å²) in [6, 6.07) is -1.13. The smallest absolute Gasteiger partial charge is 0.329 e. The van der Waals surface area contributed by atoms with Crippen LogP contribution in [0.4, 0.5) is 0 Å². The zero-order valence-electron chi connectivity index (χ0n) is 43.0. The van der Waals surface area contributed by atoms with Gasteiger partial charge in [0.25, 0.3) is 11.7 Å². The second-order valence-electron chi connectivity index (χ2n) is 20.4. The third-order valence-electron chi connectivity index (χ3n) is 14.9. The number of ether oxygens (including phenoxy) is 6. The topological polar surface area (TPSA) is 205 Å². The number of aliphatic hydroxyl groups excluding tert-OH is 2. The molecule has 4 aliphatic rings. The molecular weight excluding hydrogens is 887 g/mol. The first kappa shape index (κ1) is 58.2. The van der Waals surface area contributed by atoms with Gasteiger partial charge in [0, 0.05) is 51.4 Å². The molecule has 3 N–H and O–H groups in total. The minimum absolute atomic E-state index is 0.0113. The highest BCUT2D eigenvalue weighted by Crippen LogP contribution is 2.38. The zero-order valence-corrected chi connectivity index (χ0v) is 43.0. The molecule has 69 heavy (non-hydrogen) atoms. The number of fused-ring (bicyclic) bond motifs is 3. The first-order valence-electron chi connectivity index (χ1n) is 25.6. The van der Waals surface area contributed by atoms with E-state index >= 15 is 0 Å². The van der Waals surface area contributed by atoms with Gasteiger partial charge in [-0.15, -0.1) is 0 Å². The molecule has 3 heterocycles. The van der Waals surface area contributed by atoms with Crippen LogP contribution in [0.25, 0.3) is 0 Å². The summed E-state index contributed by atoms with van der Waals surface area (Å²) in [5.41, 5.74) is 1.28. The van der Waals surface area contributed by atoms with E-state index in [1.54, 1.807) is 34.0 Å². The number of carbonyl (C=O) groups excluding carboxylic acids is 5. The summed E-state index contributed by atoms with van der Waals surface area (Å²) in [5.74, 6) is -7.77. The molecule has 14 atom stereocenters. The number of piperidine rings is 1. The highest BCUT2D eigenvalue weighted by Gasteiger charge is 2.53. The summed E-state index contributed by atoms with van der Waals surface area (Å²) in [7, 11) is 2.96. The minimum Gasteiger partial charge on any atom is -0.460 e. The maximum atomic E-state index is 14.5. The van der Waals surface area contributed by atoms with Crippen molar-refractivity contribution in [3.05, 3.63) is 47.6 Å². The van der Waals surface area contributed by atoms with Gasteiger partial charge in [-0.25, -0.2) is 4.79 Å². The van der Waals surface area contributed by atoms with E-state index < -0.39 is 77.8 Å². The van der Waals surface area contributed by atoms with Crippen LogP contribution in [0.15, 0.2) is 47.6 Å². The highest BCUT2D eigenvalue weighted by molar-refractivity contribution is 6.39. The Hall–Kier alpha value is -3.41. The molecule has 1 unspecified atom stereocenters. The molecule has 3 fully saturated rings. The number of methoxy groups -OCH3 is 2. The van der Waals surface area contributed by atoms with Crippen LogP contribution in [0.3, 0.4) is 0 Å². The van der Waals surface area contributed by atoms with Gasteiger partial charge in [-0.2, -0.15) is 0 Å². The van der Waals surface area contributed by atoms with Crippen molar-refractivity contribution in [2.45, 2.75) is 180 Å². The number of cyclic esters (lactones) is 1. The Kier molecular flexibility index (Phi) is 24.1. The minimum atomic E-state index is -2.43. The molecule has 0 spiro atoms. The Labute approximate surface area is 411 Å². The van der Waals surface area contributed by atoms with Crippen LogP contribution >= 0.6 is 0 Å². The molecule has 0 aromatic rings. The lowest BCUT2D eigenvalue weighted by Gasteiger charge is -2.42. The third kappa shape index (κ3) is 16.8. The van der Waals surface area contributed by atoms with Crippen molar-refractivity contribution in [2.24, 2.45) is 35.5 Å². The van der Waals surface area contributed by atoms with E-state index in [4.69, 9.17) is 33.5 Å². The van der Waals surface area contributed by atoms with Crippen molar-refractivity contribution in [2.75, 3.05) is 47.2 Å². The van der Waals surface area contributed by atoms with E-state index in [0.29, 0.717) is 63.7 Å². The second-order valence-corrected chi connectivity index (χ2v) is 20.4. The molecule has 0 aromatic heterocycles. The number of Topliss-reactive ketones (excluding diaryl/α,β-unsaturated/α-hetero) is 3. The highest BCUT2D eigenvalue weighted by atomic mass is 16.6. The van der Waals surface area contributed by atoms with Gasteiger partial charge in [-0.05, 0) is 101 Å². The molecule has 390 valence electrons. The van der Waals surface area contributed by atoms with E-state index in [-0.39, 0.29) is 68.0 Å². The zero-order chi connectivity index (χ0) is 50.8. The molecule has 15 heteroatoms. The first-order valence-corrected chi connectivity index (χ1v) is 25.6. The number of ketones is 3. The Bertz CT molecular complexity index is 1810. The SMILES string of the molecule is CO[C@H]1C[C@@H]2CC[C@@H](C)[C@@](O)(O2)C(=O)C(=O)N2CCCC[C@H]2C(=O)O[C@H]([C@H](C)CC2CCC[C@H](OCCOCCO)C2)CC(=O)[C@H](C)/C=C(\C)[C@@H](O)[C@@H](OC)C(=O)[C@H](C)C[C@H](C)/C=C/C=C/C=C/1C. The molecule has 3 aliphatic heterocycles. The number of allylic oxidation sites excluding steroid dienone is 6. The lowest BCUT2D eigenvalue weighted by molar-refractivity contribution is -0.265. The van der Waals surface area contributed by atoms with Crippen molar-refractivity contribution in [1.82, 2.24) is 4.90 Å². The van der Waals surface area contributed by atoms with Crippen molar-refractivity contribution in [3.8, 4) is 0 Å². The molecule has 15 nitrogen and oxygen atoms in total. The number of esters is 1. The van der Waals surface area contributed by atoms with Gasteiger partial charge < -0.3 is 48.6 Å². The largest absolute Gasteiger partial charge is 0.460 e. The van der Waals surface area contributed by atoms with Crippen LogP contribution < -0.4 is 0 Å². The molecule has 2 bridgehead atoms. The van der Waals surface area contributed by atoms with Crippen LogP contribution in [0.1, 0.15) is 132 Å². The van der Waals surface area contributed by atoms with E-state index in [1.165, 1.54) is 12.0 Å². The van der Waals surface area contributed by atoms with Crippen LogP contribution in [-0.2, 0) is 52.4 Å². The number of rotatable bonds is 11. The lowest BCUT2D eigenvalue weighted by Crippen LogP contribution is -2.61. The number of nitrogens with zero attached hydrogens (tertiary/aromatic N) is 1. The Morgan fingerprint density at radius 3 is 2.32 bits per heavy atom. The summed E-state index contributed by atoms with van der Waals surface area (Å²) in [4.78, 5) is 72.2. The van der Waals surface area contributed by atoms with Crippen LogP contribution in [0.5, 0.6) is 0 Å². The maximum absolute atomic E-state index is 14.5. The Balaban J connectivity index is 1.67. The van der Waals surface area contributed by atoms with Gasteiger partial charge in [-0.3, -0.25) is 19.2 Å². The van der Waals surface area contributed by atoms with Gasteiger partial charge in [0.05, 0.1) is 44.7 Å². The number of hydrogen-bond donors (Lipinski definition) is 3. The average Bonchev–Trinajstić information content (AvgIpc) is 3.33. The summed E-state index contributed by atoms with van der Waals surface area (Å²) in [5, 5.41) is 32.5. The summed E-state index contributed by atoms with van der Waals surface area (Å²) < 4.78 is 35.4. The molecule has 1 amide bonds. The number of carbonyl (C=O) groups is 5. The Morgan fingerprint density at radius 1 is 0.855 bits per heavy atom. The predicted octanol–water partition coefficient (Wildman–Crippen LogP) is 6.59. The van der Waals surface area contributed by atoms with Gasteiger partial charge >= 0.3 is 5.97 Å². The van der Waals surface area contributed by atoms with Crippen LogP contribution in [-0.4, -0.2) is 145 Å². The summed E-state index contributed by atoms with van der Waals surface area (Å²) >= 11 is 0. The van der Waals surface area contributed by atoms with Crippen LogP contribution in [0.2, 0.25) is 0 Å². The monoisotopic (exact) mass is 972 g/mol. The molecule has 0 radical (unpaired) electrons. The summed E-state index contributed by atoms with van der Waals surface area (Å²) in [6.07, 6.45) is 14.0. The van der Waals surface area contributed by atoms with E-state index in [2.05, 4.69) is 0 Å². The molecule has 1 aliphatic carbocycles. The van der Waals surface area contributed by atoms with E-state index in [0.717, 1.165) is 31.3 Å². The molecule has 0 aromatic carbocycles. The van der Waals surface area contributed by atoms with E-state index in [1.807, 2.05) is 58.1 Å². The standard InChI is InChI=1S/C54H85NO14/c1-34-16-11-10-12-17-35(2)46(64-8)32-43-22-21-40(7)54(63,69-43)51(60)52(61)55-23-14-13-20-44(55)53(62)68-47(37(4)30-41-18-15-19-42(31-41)67-27-26-66-25-24-56)33-45(57)36(3)29-39(6)49(59)50(65-9)48(58)38(5)28-34/h10-12,16-17,29,34,36-38,40-44,46-47,49-50,56,59,63H,13-15,18-28,30-33H2,1-9H3/b12-10+,16-11+,35-17+,39-29+/t34-,36-,37-,38-,40-,41?,42+,43+,44+,46+,47+,49-,50+,54-/m1/s1. The van der Waals surface area contributed by atoms with Gasteiger partial charge in [0.15, 0.2) is 5.78 Å². The number of aliphatic hydroxyl groups is 3. The molecule has 2 saturated heterocycles. The van der Waals surface area contributed by atoms with Gasteiger partial charge in [-0.1, -0.05) is 83.9 Å². The number of hydrogen-bond acceptors (Lipinski definition) is 14. The van der Waals surface area contributed by atoms with E-state index in [9.17, 15) is 34.2 Å². The fourth-order valence-electron chi connectivity index (χ4n) is 10.5. The first-order chi connectivity index (χ1) is 32.8. The summed E-state index contributed by atoms with van der Waals surface area (Å²) in [6.45, 7) is 13.8. The third-order valence-corrected chi connectivity index (χ3v) is 14.9. The van der Waals surface area contributed by atoms with Crippen molar-refractivity contribution in [3.63, 3.8) is 0 Å². The van der Waals surface area contributed by atoms with Crippen LogP contribution in [0, 0.1) is 35.5 Å². The molecule has 4 rings (SSSR count). The normalized spacial score (nSPS) is 37.7.